The summed E-state index contributed by atoms with van der Waals surface area (Å²) in [4.78, 5) is 8.18. The Morgan fingerprint density at radius 2 is 2.35 bits per heavy atom. The summed E-state index contributed by atoms with van der Waals surface area (Å²) in [6.45, 7) is 5.79. The highest BCUT2D eigenvalue weighted by atomic mass is 16.4. The SMILES string of the molecule is CC(C)Cc1nc(C#N)c(NCCCn2ccnc2)o1. The minimum Gasteiger partial charge on any atom is -0.424 e. The van der Waals surface area contributed by atoms with E-state index < -0.39 is 0 Å². The molecular weight excluding hydrogens is 254 g/mol. The zero-order valence-electron chi connectivity index (χ0n) is 11.8. The lowest BCUT2D eigenvalue weighted by atomic mass is 10.1. The first-order chi connectivity index (χ1) is 9.69. The summed E-state index contributed by atoms with van der Waals surface area (Å²) >= 11 is 0. The summed E-state index contributed by atoms with van der Waals surface area (Å²) in [5.41, 5.74) is 0.336. The molecule has 6 nitrogen and oxygen atoms in total. The Balaban J connectivity index is 1.85. The standard InChI is InChI=1S/C14H19N5O/c1-11(2)8-13-18-12(9-15)14(20-13)17-4-3-6-19-7-5-16-10-19/h5,7,10-11,17H,3-4,6,8H2,1-2H3. The number of hydrogen-bond donors (Lipinski definition) is 1. The van der Waals surface area contributed by atoms with Gasteiger partial charge in [-0.15, -0.1) is 0 Å². The van der Waals surface area contributed by atoms with Crippen molar-refractivity contribution in [2.75, 3.05) is 11.9 Å². The van der Waals surface area contributed by atoms with Crippen molar-refractivity contribution >= 4 is 5.88 Å². The van der Waals surface area contributed by atoms with E-state index in [1.165, 1.54) is 0 Å². The fourth-order valence-electron chi connectivity index (χ4n) is 1.88. The maximum Gasteiger partial charge on any atom is 0.232 e. The van der Waals surface area contributed by atoms with Crippen LogP contribution in [0.15, 0.2) is 23.1 Å². The van der Waals surface area contributed by atoms with Gasteiger partial charge in [0, 0.05) is 31.9 Å². The molecule has 0 spiro atoms. The highest BCUT2D eigenvalue weighted by molar-refractivity contribution is 5.45. The van der Waals surface area contributed by atoms with Crippen molar-refractivity contribution in [3.63, 3.8) is 0 Å². The van der Waals surface area contributed by atoms with E-state index >= 15 is 0 Å². The van der Waals surface area contributed by atoms with Crippen LogP contribution in [0.2, 0.25) is 0 Å². The summed E-state index contributed by atoms with van der Waals surface area (Å²) < 4.78 is 7.60. The maximum atomic E-state index is 9.05. The van der Waals surface area contributed by atoms with Crippen molar-refractivity contribution in [1.82, 2.24) is 14.5 Å². The molecular formula is C14H19N5O. The van der Waals surface area contributed by atoms with Crippen molar-refractivity contribution in [2.45, 2.75) is 33.2 Å². The predicted octanol–water partition coefficient (Wildman–Crippen LogP) is 2.44. The quantitative estimate of drug-likeness (QED) is 0.784. The van der Waals surface area contributed by atoms with Gasteiger partial charge in [-0.3, -0.25) is 0 Å². The second-order valence-corrected chi connectivity index (χ2v) is 5.08. The van der Waals surface area contributed by atoms with Gasteiger partial charge in [-0.2, -0.15) is 5.26 Å². The Bertz CT molecular complexity index is 565. The zero-order valence-corrected chi connectivity index (χ0v) is 11.8. The molecule has 0 unspecified atom stereocenters. The average Bonchev–Trinajstić information content (AvgIpc) is 3.03. The topological polar surface area (TPSA) is 79.7 Å². The third-order valence-corrected chi connectivity index (χ3v) is 2.80. The molecule has 0 aliphatic carbocycles. The average molecular weight is 273 g/mol. The Labute approximate surface area is 118 Å². The minimum absolute atomic E-state index is 0.336. The lowest BCUT2D eigenvalue weighted by Crippen LogP contribution is -2.06. The second kappa shape index (κ2) is 6.75. The van der Waals surface area contributed by atoms with Crippen LogP contribution in [-0.2, 0) is 13.0 Å². The number of imidazole rings is 1. The van der Waals surface area contributed by atoms with E-state index in [0.717, 1.165) is 25.9 Å². The number of nitriles is 1. The van der Waals surface area contributed by atoms with E-state index in [2.05, 4.69) is 35.2 Å². The molecule has 2 heterocycles. The van der Waals surface area contributed by atoms with Gasteiger partial charge >= 0.3 is 0 Å². The normalized spacial score (nSPS) is 10.7. The minimum atomic E-state index is 0.336. The highest BCUT2D eigenvalue weighted by Crippen LogP contribution is 2.18. The Hall–Kier alpha value is -2.29. The molecule has 0 bridgehead atoms. The molecule has 2 aromatic heterocycles. The monoisotopic (exact) mass is 273 g/mol. The zero-order chi connectivity index (χ0) is 14.4. The van der Waals surface area contributed by atoms with Gasteiger partial charge < -0.3 is 14.3 Å². The molecule has 1 N–H and O–H groups in total. The fraction of sp³-hybridized carbons (Fsp3) is 0.500. The van der Waals surface area contributed by atoms with Gasteiger partial charge in [-0.1, -0.05) is 13.8 Å². The largest absolute Gasteiger partial charge is 0.424 e. The third-order valence-electron chi connectivity index (χ3n) is 2.80. The Morgan fingerprint density at radius 1 is 1.50 bits per heavy atom. The predicted molar refractivity (Wildman–Crippen MR) is 75.1 cm³/mol. The first kappa shape index (κ1) is 14.1. The lowest BCUT2D eigenvalue weighted by molar-refractivity contribution is 0.465. The fourth-order valence-corrected chi connectivity index (χ4v) is 1.88. The van der Waals surface area contributed by atoms with Gasteiger partial charge in [-0.05, 0) is 12.3 Å². The van der Waals surface area contributed by atoms with Crippen LogP contribution in [-0.4, -0.2) is 21.1 Å². The third kappa shape index (κ3) is 3.85. The first-order valence-electron chi connectivity index (χ1n) is 6.78. The Morgan fingerprint density at radius 3 is 3.00 bits per heavy atom. The molecule has 20 heavy (non-hydrogen) atoms. The van der Waals surface area contributed by atoms with Gasteiger partial charge in [-0.25, -0.2) is 9.97 Å². The second-order valence-electron chi connectivity index (χ2n) is 5.08. The van der Waals surface area contributed by atoms with Crippen molar-refractivity contribution < 1.29 is 4.42 Å². The summed E-state index contributed by atoms with van der Waals surface area (Å²) in [6.07, 6.45) is 7.13. The molecule has 0 amide bonds. The number of anilines is 1. The highest BCUT2D eigenvalue weighted by Gasteiger charge is 2.13. The molecule has 0 aromatic carbocycles. The summed E-state index contributed by atoms with van der Waals surface area (Å²) in [6, 6.07) is 2.06. The van der Waals surface area contributed by atoms with Gasteiger partial charge in [0.05, 0.1) is 6.33 Å². The maximum absolute atomic E-state index is 9.05. The van der Waals surface area contributed by atoms with Crippen molar-refractivity contribution in [1.29, 1.82) is 5.26 Å². The molecule has 0 aliphatic heterocycles. The number of aromatic nitrogens is 3. The molecule has 0 fully saturated rings. The van der Waals surface area contributed by atoms with Gasteiger partial charge in [0.25, 0.3) is 0 Å². The van der Waals surface area contributed by atoms with Crippen molar-refractivity contribution in [3.8, 4) is 6.07 Å². The van der Waals surface area contributed by atoms with E-state index in [-0.39, 0.29) is 0 Å². The number of rotatable bonds is 7. The molecule has 0 saturated carbocycles. The molecule has 0 aliphatic rings. The molecule has 106 valence electrons. The molecule has 2 rings (SSSR count). The summed E-state index contributed by atoms with van der Waals surface area (Å²) in [7, 11) is 0. The van der Waals surface area contributed by atoms with E-state index in [1.807, 2.05) is 10.8 Å². The van der Waals surface area contributed by atoms with Crippen LogP contribution in [0.5, 0.6) is 0 Å². The molecule has 0 atom stereocenters. The summed E-state index contributed by atoms with van der Waals surface area (Å²) in [5, 5.41) is 12.2. The molecule has 6 heteroatoms. The van der Waals surface area contributed by atoms with Crippen LogP contribution in [0.3, 0.4) is 0 Å². The van der Waals surface area contributed by atoms with Gasteiger partial charge in [0.1, 0.15) is 6.07 Å². The van der Waals surface area contributed by atoms with E-state index in [9.17, 15) is 0 Å². The van der Waals surface area contributed by atoms with Gasteiger partial charge in [0.15, 0.2) is 5.89 Å². The number of nitrogens with zero attached hydrogens (tertiary/aromatic N) is 4. The van der Waals surface area contributed by atoms with Crippen molar-refractivity contribution in [2.24, 2.45) is 5.92 Å². The first-order valence-corrected chi connectivity index (χ1v) is 6.78. The summed E-state index contributed by atoms with van der Waals surface area (Å²) in [5.74, 6) is 1.55. The van der Waals surface area contributed by atoms with E-state index in [0.29, 0.717) is 23.4 Å². The molecule has 0 radical (unpaired) electrons. The van der Waals surface area contributed by atoms with Crippen LogP contribution >= 0.6 is 0 Å². The smallest absolute Gasteiger partial charge is 0.232 e. The van der Waals surface area contributed by atoms with Crippen molar-refractivity contribution in [3.05, 3.63) is 30.3 Å². The van der Waals surface area contributed by atoms with Crippen LogP contribution in [0.25, 0.3) is 0 Å². The van der Waals surface area contributed by atoms with Crippen LogP contribution in [0.1, 0.15) is 31.9 Å². The Kier molecular flexibility index (Phi) is 4.77. The molecule has 2 aromatic rings. The van der Waals surface area contributed by atoms with Crippen LogP contribution < -0.4 is 5.32 Å². The number of aryl methyl sites for hydroxylation is 1. The molecule has 0 saturated heterocycles. The number of hydrogen-bond acceptors (Lipinski definition) is 5. The van der Waals surface area contributed by atoms with Gasteiger partial charge in [0.2, 0.25) is 11.6 Å². The van der Waals surface area contributed by atoms with Crippen LogP contribution in [0, 0.1) is 17.2 Å². The van der Waals surface area contributed by atoms with E-state index in [1.54, 1.807) is 12.5 Å². The van der Waals surface area contributed by atoms with E-state index in [4.69, 9.17) is 9.68 Å². The number of oxazole rings is 1. The number of nitrogens with one attached hydrogen (secondary N) is 1. The van der Waals surface area contributed by atoms with Crippen LogP contribution in [0.4, 0.5) is 5.88 Å². The lowest BCUT2D eigenvalue weighted by Gasteiger charge is -2.04.